The van der Waals surface area contributed by atoms with Crippen molar-refractivity contribution >= 4 is 43.0 Å². The molecular formula is C17H20N2O6S3. The number of hydrogen-bond donors (Lipinski definition) is 1. The molecule has 8 nitrogen and oxygen atoms in total. The smallest absolute Gasteiger partial charge is 0.244 e. The lowest BCUT2D eigenvalue weighted by atomic mass is 10.3. The van der Waals surface area contributed by atoms with Gasteiger partial charge in [0, 0.05) is 17.8 Å². The number of hydrogen-bond acceptors (Lipinski definition) is 7. The fourth-order valence-electron chi connectivity index (χ4n) is 2.82. The molecule has 0 bridgehead atoms. The van der Waals surface area contributed by atoms with Crippen LogP contribution in [0.4, 0.5) is 5.69 Å². The molecule has 1 amide bonds. The minimum atomic E-state index is -3.98. The third-order valence-electron chi connectivity index (χ3n) is 4.07. The zero-order valence-corrected chi connectivity index (χ0v) is 17.6. The van der Waals surface area contributed by atoms with Crippen molar-refractivity contribution in [2.24, 2.45) is 0 Å². The molecule has 0 saturated carbocycles. The van der Waals surface area contributed by atoms with E-state index in [4.69, 9.17) is 4.74 Å². The predicted molar refractivity (Wildman–Crippen MR) is 107 cm³/mol. The van der Waals surface area contributed by atoms with Crippen molar-refractivity contribution in [3.63, 3.8) is 0 Å². The number of ether oxygens (including phenoxy) is 1. The Morgan fingerprint density at radius 3 is 2.68 bits per heavy atom. The van der Waals surface area contributed by atoms with Crippen molar-refractivity contribution < 1.29 is 26.4 Å². The SMILES string of the molecule is CCOc1ccc(N2C(=O)CCS2(=O)=O)cc1S(=O)(=O)NCCc1cccs1. The van der Waals surface area contributed by atoms with E-state index in [1.165, 1.54) is 29.5 Å². The normalized spacial score (nSPS) is 16.5. The zero-order chi connectivity index (χ0) is 20.4. The van der Waals surface area contributed by atoms with E-state index in [0.717, 1.165) is 4.88 Å². The fraction of sp³-hybridized carbons (Fsp3) is 0.353. The number of nitrogens with zero attached hydrogens (tertiary/aromatic N) is 1. The van der Waals surface area contributed by atoms with Crippen LogP contribution < -0.4 is 13.8 Å². The molecule has 0 unspecified atom stereocenters. The van der Waals surface area contributed by atoms with Crippen molar-refractivity contribution in [2.45, 2.75) is 24.7 Å². The molecule has 1 aromatic heterocycles. The van der Waals surface area contributed by atoms with E-state index in [2.05, 4.69) is 4.72 Å². The van der Waals surface area contributed by atoms with Crippen LogP contribution in [0.25, 0.3) is 0 Å². The Labute approximate surface area is 168 Å². The molecule has 28 heavy (non-hydrogen) atoms. The third-order valence-corrected chi connectivity index (χ3v) is 8.18. The van der Waals surface area contributed by atoms with Crippen LogP contribution in [0.1, 0.15) is 18.2 Å². The first-order valence-corrected chi connectivity index (χ1v) is 12.6. The molecule has 0 atom stereocenters. The number of rotatable bonds is 8. The summed E-state index contributed by atoms with van der Waals surface area (Å²) in [6.45, 7) is 2.13. The Bertz CT molecular complexity index is 1060. The van der Waals surface area contributed by atoms with Crippen LogP contribution >= 0.6 is 11.3 Å². The van der Waals surface area contributed by atoms with Crippen LogP contribution in [0.5, 0.6) is 5.75 Å². The van der Waals surface area contributed by atoms with Gasteiger partial charge in [-0.25, -0.2) is 25.9 Å². The maximum absolute atomic E-state index is 12.8. The fourth-order valence-corrected chi connectivity index (χ4v) is 6.17. The van der Waals surface area contributed by atoms with Gasteiger partial charge in [-0.3, -0.25) is 4.79 Å². The van der Waals surface area contributed by atoms with Gasteiger partial charge in [0.15, 0.2) is 0 Å². The molecule has 11 heteroatoms. The molecule has 0 spiro atoms. The summed E-state index contributed by atoms with van der Waals surface area (Å²) in [5, 5.41) is 1.91. The highest BCUT2D eigenvalue weighted by Gasteiger charge is 2.37. The van der Waals surface area contributed by atoms with Crippen LogP contribution in [-0.4, -0.2) is 41.6 Å². The molecule has 1 saturated heterocycles. The minimum Gasteiger partial charge on any atom is -0.492 e. The molecule has 2 aromatic rings. The zero-order valence-electron chi connectivity index (χ0n) is 15.1. The van der Waals surface area contributed by atoms with Gasteiger partial charge in [-0.15, -0.1) is 11.3 Å². The van der Waals surface area contributed by atoms with E-state index in [0.29, 0.717) is 10.7 Å². The topological polar surface area (TPSA) is 110 Å². The van der Waals surface area contributed by atoms with Crippen molar-refractivity contribution in [1.82, 2.24) is 4.72 Å². The molecule has 0 radical (unpaired) electrons. The lowest BCUT2D eigenvalue weighted by Crippen LogP contribution is -2.30. The number of sulfonamides is 2. The first-order chi connectivity index (χ1) is 13.2. The Morgan fingerprint density at radius 1 is 1.29 bits per heavy atom. The van der Waals surface area contributed by atoms with Crippen LogP contribution in [-0.2, 0) is 31.3 Å². The van der Waals surface area contributed by atoms with Gasteiger partial charge in [0.1, 0.15) is 10.6 Å². The third kappa shape index (κ3) is 4.37. The first-order valence-electron chi connectivity index (χ1n) is 8.59. The average Bonchev–Trinajstić information content (AvgIpc) is 3.23. The second kappa shape index (κ2) is 8.19. The molecule has 1 aromatic carbocycles. The van der Waals surface area contributed by atoms with Gasteiger partial charge >= 0.3 is 0 Å². The van der Waals surface area contributed by atoms with E-state index in [1.54, 1.807) is 6.92 Å². The lowest BCUT2D eigenvalue weighted by molar-refractivity contribution is -0.116. The second-order valence-corrected chi connectivity index (χ2v) is 10.7. The van der Waals surface area contributed by atoms with Crippen molar-refractivity contribution in [1.29, 1.82) is 0 Å². The number of anilines is 1. The molecule has 3 rings (SSSR count). The van der Waals surface area contributed by atoms with Crippen LogP contribution in [0.3, 0.4) is 0 Å². The van der Waals surface area contributed by atoms with Crippen molar-refractivity contribution in [2.75, 3.05) is 23.2 Å². The Kier molecular flexibility index (Phi) is 6.08. The van der Waals surface area contributed by atoms with Gasteiger partial charge in [-0.2, -0.15) is 0 Å². The highest BCUT2D eigenvalue weighted by Crippen LogP contribution is 2.32. The Hall–Kier alpha value is -1.95. The second-order valence-electron chi connectivity index (χ2n) is 6.02. The van der Waals surface area contributed by atoms with Gasteiger partial charge in [-0.05, 0) is 43.0 Å². The van der Waals surface area contributed by atoms with Gasteiger partial charge in [0.25, 0.3) is 0 Å². The molecule has 1 aliphatic rings. The number of benzene rings is 1. The first kappa shape index (κ1) is 20.8. The summed E-state index contributed by atoms with van der Waals surface area (Å²) in [7, 11) is -7.77. The van der Waals surface area contributed by atoms with Gasteiger partial charge in [0.2, 0.25) is 26.0 Å². The Balaban J connectivity index is 1.91. The molecular weight excluding hydrogens is 424 g/mol. The highest BCUT2D eigenvalue weighted by molar-refractivity contribution is 7.94. The van der Waals surface area contributed by atoms with Crippen LogP contribution in [0.2, 0.25) is 0 Å². The van der Waals surface area contributed by atoms with E-state index in [1.807, 2.05) is 17.5 Å². The molecule has 1 aliphatic heterocycles. The summed E-state index contributed by atoms with van der Waals surface area (Å²) in [4.78, 5) is 12.9. The average molecular weight is 445 g/mol. The van der Waals surface area contributed by atoms with Crippen LogP contribution in [0.15, 0.2) is 40.6 Å². The maximum atomic E-state index is 12.8. The van der Waals surface area contributed by atoms with Gasteiger partial charge in [-0.1, -0.05) is 6.07 Å². The summed E-state index contributed by atoms with van der Waals surface area (Å²) < 4.78 is 58.5. The quantitative estimate of drug-likeness (QED) is 0.664. The lowest BCUT2D eigenvalue weighted by Gasteiger charge is -2.18. The van der Waals surface area contributed by atoms with Crippen LogP contribution in [0, 0.1) is 0 Å². The summed E-state index contributed by atoms with van der Waals surface area (Å²) in [6.07, 6.45) is 0.399. The standard InChI is InChI=1S/C17H20N2O6S3/c1-2-25-15-6-5-13(19-17(20)8-11-27(19,21)22)12-16(15)28(23,24)18-9-7-14-4-3-10-26-14/h3-6,10,12,18H,2,7-9,11H2,1H3. The predicted octanol–water partition coefficient (Wildman–Crippen LogP) is 1.73. The number of carbonyl (C=O) groups excluding carboxylic acids is 1. The van der Waals surface area contributed by atoms with E-state index in [-0.39, 0.29) is 41.7 Å². The number of nitrogens with one attached hydrogen (secondary N) is 1. The molecule has 2 heterocycles. The summed E-state index contributed by atoms with van der Waals surface area (Å²) in [5.74, 6) is -0.780. The largest absolute Gasteiger partial charge is 0.492 e. The number of carbonyl (C=O) groups is 1. The van der Waals surface area contributed by atoms with E-state index in [9.17, 15) is 21.6 Å². The van der Waals surface area contributed by atoms with Gasteiger partial charge in [0.05, 0.1) is 18.0 Å². The maximum Gasteiger partial charge on any atom is 0.244 e. The number of thiophene rings is 1. The van der Waals surface area contributed by atoms with Gasteiger partial charge < -0.3 is 4.74 Å². The Morgan fingerprint density at radius 2 is 2.07 bits per heavy atom. The molecule has 0 aliphatic carbocycles. The summed E-state index contributed by atoms with van der Waals surface area (Å²) in [5.41, 5.74) is -0.00964. The minimum absolute atomic E-state index is 0.00964. The molecule has 1 N–H and O–H groups in total. The summed E-state index contributed by atoms with van der Waals surface area (Å²) in [6, 6.07) is 7.71. The number of amides is 1. The van der Waals surface area contributed by atoms with Crippen molar-refractivity contribution in [3.05, 3.63) is 40.6 Å². The molecule has 152 valence electrons. The highest BCUT2D eigenvalue weighted by atomic mass is 32.2. The van der Waals surface area contributed by atoms with Crippen molar-refractivity contribution in [3.8, 4) is 5.75 Å². The molecule has 1 fully saturated rings. The summed E-state index contributed by atoms with van der Waals surface area (Å²) >= 11 is 1.53. The monoisotopic (exact) mass is 444 g/mol. The van der Waals surface area contributed by atoms with E-state index < -0.39 is 26.0 Å². The van der Waals surface area contributed by atoms with E-state index >= 15 is 0 Å².